The number of thioether (sulfide) groups is 1. The second kappa shape index (κ2) is 6.77. The first kappa shape index (κ1) is 14.1. The van der Waals surface area contributed by atoms with Gasteiger partial charge in [-0.1, -0.05) is 11.8 Å². The van der Waals surface area contributed by atoms with Crippen molar-refractivity contribution < 1.29 is 4.79 Å². The lowest BCUT2D eigenvalue weighted by Crippen LogP contribution is -2.27. The van der Waals surface area contributed by atoms with E-state index in [1.807, 2.05) is 31.6 Å². The molecule has 0 saturated carbocycles. The average Bonchev–Trinajstić information content (AvgIpc) is 2.96. The summed E-state index contributed by atoms with van der Waals surface area (Å²) in [5.41, 5.74) is 2.24. The number of carbonyl (C=O) groups excluding carboxylic acids is 1. The summed E-state index contributed by atoms with van der Waals surface area (Å²) in [6.45, 7) is 2.63. The number of rotatable bonds is 6. The Morgan fingerprint density at radius 3 is 3.05 bits per heavy atom. The molecular formula is C13H17N3OS2. The molecule has 0 aromatic carbocycles. The second-order valence-corrected chi connectivity index (χ2v) is 6.33. The Bertz CT molecular complexity index is 548. The molecule has 1 N–H and O–H groups in total. The molecule has 0 bridgehead atoms. The van der Waals surface area contributed by atoms with Gasteiger partial charge in [0, 0.05) is 43.0 Å². The van der Waals surface area contributed by atoms with Crippen molar-refractivity contribution in [3.8, 4) is 0 Å². The lowest BCUT2D eigenvalue weighted by atomic mass is 10.3. The van der Waals surface area contributed by atoms with Crippen LogP contribution in [0.25, 0.3) is 0 Å². The second-order valence-electron chi connectivity index (χ2n) is 4.25. The molecule has 0 aliphatic rings. The summed E-state index contributed by atoms with van der Waals surface area (Å²) in [7, 11) is 2.01. The van der Waals surface area contributed by atoms with Gasteiger partial charge in [-0.15, -0.1) is 11.3 Å². The zero-order valence-electron chi connectivity index (χ0n) is 11.0. The van der Waals surface area contributed by atoms with Crippen molar-refractivity contribution in [2.75, 3.05) is 12.3 Å². The Morgan fingerprint density at radius 1 is 1.58 bits per heavy atom. The highest BCUT2D eigenvalue weighted by atomic mass is 32.2. The van der Waals surface area contributed by atoms with Gasteiger partial charge in [-0.05, 0) is 19.1 Å². The number of nitrogens with zero attached hydrogens (tertiary/aromatic N) is 2. The summed E-state index contributed by atoms with van der Waals surface area (Å²) in [4.78, 5) is 16.0. The molecule has 2 aromatic rings. The molecule has 6 heteroatoms. The fourth-order valence-corrected chi connectivity index (χ4v) is 3.34. The van der Waals surface area contributed by atoms with Crippen molar-refractivity contribution in [3.05, 3.63) is 35.1 Å². The van der Waals surface area contributed by atoms with Crippen LogP contribution < -0.4 is 5.32 Å². The van der Waals surface area contributed by atoms with E-state index in [9.17, 15) is 4.79 Å². The summed E-state index contributed by atoms with van der Waals surface area (Å²) >= 11 is 3.07. The van der Waals surface area contributed by atoms with E-state index < -0.39 is 0 Å². The van der Waals surface area contributed by atoms with E-state index in [0.717, 1.165) is 16.5 Å². The molecule has 102 valence electrons. The Labute approximate surface area is 121 Å². The van der Waals surface area contributed by atoms with E-state index in [-0.39, 0.29) is 5.91 Å². The van der Waals surface area contributed by atoms with Gasteiger partial charge < -0.3 is 9.88 Å². The highest BCUT2D eigenvalue weighted by molar-refractivity contribution is 8.01. The van der Waals surface area contributed by atoms with Gasteiger partial charge in [0.05, 0.1) is 5.75 Å². The van der Waals surface area contributed by atoms with Crippen LogP contribution in [-0.4, -0.2) is 27.8 Å². The molecule has 19 heavy (non-hydrogen) atoms. The van der Waals surface area contributed by atoms with Crippen LogP contribution in [0.3, 0.4) is 0 Å². The average molecular weight is 295 g/mol. The van der Waals surface area contributed by atoms with Crippen molar-refractivity contribution >= 4 is 29.0 Å². The number of thiazole rings is 1. The number of hydrogen-bond acceptors (Lipinski definition) is 4. The fraction of sp³-hybridized carbons (Fsp3) is 0.385. The Morgan fingerprint density at radius 2 is 2.42 bits per heavy atom. The first-order chi connectivity index (χ1) is 9.15. The molecule has 2 aromatic heterocycles. The monoisotopic (exact) mass is 295 g/mol. The van der Waals surface area contributed by atoms with Crippen molar-refractivity contribution in [2.45, 2.75) is 17.7 Å². The van der Waals surface area contributed by atoms with Crippen LogP contribution in [-0.2, 0) is 18.3 Å². The minimum Gasteiger partial charge on any atom is -0.355 e. The van der Waals surface area contributed by atoms with Crippen molar-refractivity contribution in [2.24, 2.45) is 7.05 Å². The number of aromatic nitrogens is 2. The zero-order chi connectivity index (χ0) is 13.7. The van der Waals surface area contributed by atoms with E-state index in [1.54, 1.807) is 11.3 Å². The zero-order valence-corrected chi connectivity index (χ0v) is 12.7. The van der Waals surface area contributed by atoms with Crippen LogP contribution in [0, 0.1) is 6.92 Å². The van der Waals surface area contributed by atoms with Gasteiger partial charge in [-0.25, -0.2) is 4.98 Å². The predicted octanol–water partition coefficient (Wildman–Crippen LogP) is 2.24. The molecule has 2 heterocycles. The lowest BCUT2D eigenvalue weighted by Gasteiger charge is -2.05. The van der Waals surface area contributed by atoms with Gasteiger partial charge in [0.2, 0.25) is 5.91 Å². The lowest BCUT2D eigenvalue weighted by molar-refractivity contribution is -0.118. The van der Waals surface area contributed by atoms with Gasteiger partial charge in [-0.3, -0.25) is 4.79 Å². The number of hydrogen-bond donors (Lipinski definition) is 1. The third kappa shape index (κ3) is 4.40. The summed E-state index contributed by atoms with van der Waals surface area (Å²) in [5, 5.41) is 4.92. The summed E-state index contributed by atoms with van der Waals surface area (Å²) in [5.74, 6) is 0.493. The predicted molar refractivity (Wildman–Crippen MR) is 79.7 cm³/mol. The Balaban J connectivity index is 1.66. The minimum absolute atomic E-state index is 0.0621. The van der Waals surface area contributed by atoms with Crippen LogP contribution in [0.1, 0.15) is 11.4 Å². The van der Waals surface area contributed by atoms with E-state index in [0.29, 0.717) is 12.3 Å². The maximum absolute atomic E-state index is 11.7. The van der Waals surface area contributed by atoms with Gasteiger partial charge in [0.1, 0.15) is 0 Å². The summed E-state index contributed by atoms with van der Waals surface area (Å²) in [6, 6.07) is 4.08. The smallest absolute Gasteiger partial charge is 0.230 e. The van der Waals surface area contributed by atoms with Gasteiger partial charge >= 0.3 is 0 Å². The van der Waals surface area contributed by atoms with Crippen LogP contribution in [0.4, 0.5) is 0 Å². The quantitative estimate of drug-likeness (QED) is 0.831. The van der Waals surface area contributed by atoms with E-state index in [1.165, 1.54) is 17.5 Å². The van der Waals surface area contributed by atoms with E-state index in [4.69, 9.17) is 0 Å². The maximum Gasteiger partial charge on any atom is 0.230 e. The van der Waals surface area contributed by atoms with Crippen LogP contribution >= 0.6 is 23.1 Å². The SMILES string of the molecule is Cc1csc(SCC(=O)NCCc2cccn2C)n1. The highest BCUT2D eigenvalue weighted by Gasteiger charge is 2.05. The van der Waals surface area contributed by atoms with E-state index >= 15 is 0 Å². The third-order valence-corrected chi connectivity index (χ3v) is 4.82. The number of amides is 1. The highest BCUT2D eigenvalue weighted by Crippen LogP contribution is 2.21. The molecule has 0 atom stereocenters. The van der Waals surface area contributed by atoms with E-state index in [2.05, 4.69) is 20.9 Å². The minimum atomic E-state index is 0.0621. The third-order valence-electron chi connectivity index (χ3n) is 2.68. The number of aryl methyl sites for hydroxylation is 2. The maximum atomic E-state index is 11.7. The number of nitrogens with one attached hydrogen (secondary N) is 1. The van der Waals surface area contributed by atoms with Gasteiger partial charge in [-0.2, -0.15) is 0 Å². The molecular weight excluding hydrogens is 278 g/mol. The normalized spacial score (nSPS) is 10.6. The van der Waals surface area contributed by atoms with Crippen molar-refractivity contribution in [1.29, 1.82) is 0 Å². The first-order valence-electron chi connectivity index (χ1n) is 6.07. The Hall–Kier alpha value is -1.27. The topological polar surface area (TPSA) is 46.9 Å². The molecule has 2 rings (SSSR count). The van der Waals surface area contributed by atoms with Gasteiger partial charge in [0.15, 0.2) is 4.34 Å². The molecule has 0 spiro atoms. The molecule has 0 aliphatic carbocycles. The van der Waals surface area contributed by atoms with Crippen LogP contribution in [0.15, 0.2) is 28.0 Å². The van der Waals surface area contributed by atoms with Crippen molar-refractivity contribution in [3.63, 3.8) is 0 Å². The summed E-state index contributed by atoms with van der Waals surface area (Å²) in [6.07, 6.45) is 2.87. The standard InChI is InChI=1S/C13H17N3OS2/c1-10-8-18-13(15-10)19-9-12(17)14-6-5-11-4-3-7-16(11)2/h3-4,7-8H,5-6,9H2,1-2H3,(H,14,17). The molecule has 0 unspecified atom stereocenters. The molecule has 1 amide bonds. The molecule has 0 fully saturated rings. The molecule has 4 nitrogen and oxygen atoms in total. The first-order valence-corrected chi connectivity index (χ1v) is 7.93. The fourth-order valence-electron chi connectivity index (χ4n) is 1.66. The number of carbonyl (C=O) groups is 1. The summed E-state index contributed by atoms with van der Waals surface area (Å²) < 4.78 is 3.02. The van der Waals surface area contributed by atoms with Crippen LogP contribution in [0.2, 0.25) is 0 Å². The largest absolute Gasteiger partial charge is 0.355 e. The molecule has 0 saturated heterocycles. The Kier molecular flexibility index (Phi) is 5.04. The molecule has 0 aliphatic heterocycles. The van der Waals surface area contributed by atoms with Crippen molar-refractivity contribution in [1.82, 2.24) is 14.9 Å². The van der Waals surface area contributed by atoms with Gasteiger partial charge in [0.25, 0.3) is 0 Å². The molecule has 0 radical (unpaired) electrons. The van der Waals surface area contributed by atoms with Crippen LogP contribution in [0.5, 0.6) is 0 Å².